The number of nitrogens with one attached hydrogen (secondary N) is 1. The molecule has 3 N–H and O–H groups in total. The van der Waals surface area contributed by atoms with Crippen molar-refractivity contribution in [3.8, 4) is 5.75 Å². The molecule has 98 valence electrons. The Morgan fingerprint density at radius 3 is 2.94 bits per heavy atom. The number of methoxy groups -OCH3 is 1. The van der Waals surface area contributed by atoms with Crippen molar-refractivity contribution in [2.75, 3.05) is 39.0 Å². The third kappa shape index (κ3) is 2.73. The molecule has 1 heterocycles. The van der Waals surface area contributed by atoms with Crippen molar-refractivity contribution in [1.82, 2.24) is 10.2 Å². The lowest BCUT2D eigenvalue weighted by Gasteiger charge is -2.21. The topological polar surface area (TPSA) is 67.6 Å². The van der Waals surface area contributed by atoms with Crippen LogP contribution in [0.2, 0.25) is 0 Å². The molecule has 0 unspecified atom stereocenters. The maximum Gasteiger partial charge on any atom is 0.255 e. The number of hydrogen-bond donors (Lipinski definition) is 2. The molecule has 5 heteroatoms. The number of nitrogens with zero attached hydrogens (tertiary/aromatic N) is 1. The normalized spacial score (nSPS) is 16.2. The van der Waals surface area contributed by atoms with Gasteiger partial charge >= 0.3 is 0 Å². The summed E-state index contributed by atoms with van der Waals surface area (Å²) in [6, 6.07) is 5.18. The van der Waals surface area contributed by atoms with Crippen LogP contribution in [0.25, 0.3) is 0 Å². The first-order valence-corrected chi connectivity index (χ1v) is 6.16. The van der Waals surface area contributed by atoms with E-state index in [9.17, 15) is 4.79 Å². The van der Waals surface area contributed by atoms with E-state index in [-0.39, 0.29) is 5.91 Å². The molecule has 2 rings (SSSR count). The van der Waals surface area contributed by atoms with Crippen LogP contribution >= 0.6 is 0 Å². The molecule has 0 radical (unpaired) electrons. The smallest absolute Gasteiger partial charge is 0.255 e. The Balaban J connectivity index is 2.16. The Morgan fingerprint density at radius 2 is 2.22 bits per heavy atom. The summed E-state index contributed by atoms with van der Waals surface area (Å²) >= 11 is 0. The van der Waals surface area contributed by atoms with Gasteiger partial charge in [0.1, 0.15) is 5.75 Å². The van der Waals surface area contributed by atoms with Gasteiger partial charge in [-0.15, -0.1) is 0 Å². The molecule has 1 fully saturated rings. The van der Waals surface area contributed by atoms with Gasteiger partial charge in [0.2, 0.25) is 0 Å². The van der Waals surface area contributed by atoms with Crippen molar-refractivity contribution < 1.29 is 9.53 Å². The van der Waals surface area contributed by atoms with Gasteiger partial charge in [0.15, 0.2) is 0 Å². The molecule has 0 aliphatic carbocycles. The Kier molecular flexibility index (Phi) is 4.04. The van der Waals surface area contributed by atoms with Gasteiger partial charge in [-0.3, -0.25) is 4.79 Å². The van der Waals surface area contributed by atoms with Gasteiger partial charge in [0.25, 0.3) is 5.91 Å². The third-order valence-corrected chi connectivity index (χ3v) is 3.12. The molecule has 5 nitrogen and oxygen atoms in total. The summed E-state index contributed by atoms with van der Waals surface area (Å²) < 4.78 is 5.08. The highest BCUT2D eigenvalue weighted by atomic mass is 16.5. The molecular weight excluding hydrogens is 230 g/mol. The summed E-state index contributed by atoms with van der Waals surface area (Å²) in [5, 5.41) is 3.27. The van der Waals surface area contributed by atoms with Gasteiger partial charge in [-0.05, 0) is 25.1 Å². The summed E-state index contributed by atoms with van der Waals surface area (Å²) in [5.41, 5.74) is 6.92. The van der Waals surface area contributed by atoms with Gasteiger partial charge in [0, 0.05) is 31.4 Å². The number of hydrogen-bond acceptors (Lipinski definition) is 4. The SMILES string of the molecule is COc1ccc(C(=O)N2CCCNCC2)c(N)c1. The minimum atomic E-state index is -0.00106. The van der Waals surface area contributed by atoms with E-state index in [1.165, 1.54) is 0 Å². The molecule has 18 heavy (non-hydrogen) atoms. The fraction of sp³-hybridized carbons (Fsp3) is 0.462. The molecule has 1 aliphatic rings. The second kappa shape index (κ2) is 5.73. The van der Waals surface area contributed by atoms with Crippen molar-refractivity contribution in [3.63, 3.8) is 0 Å². The van der Waals surface area contributed by atoms with E-state index in [1.807, 2.05) is 4.90 Å². The molecule has 1 amide bonds. The largest absolute Gasteiger partial charge is 0.497 e. The number of carbonyl (C=O) groups is 1. The van der Waals surface area contributed by atoms with Crippen LogP contribution in [-0.2, 0) is 0 Å². The van der Waals surface area contributed by atoms with Gasteiger partial charge in [-0.2, -0.15) is 0 Å². The molecular formula is C13H19N3O2. The number of nitrogens with two attached hydrogens (primary N) is 1. The monoisotopic (exact) mass is 249 g/mol. The average Bonchev–Trinajstić information content (AvgIpc) is 2.66. The zero-order valence-corrected chi connectivity index (χ0v) is 10.6. The summed E-state index contributed by atoms with van der Waals surface area (Å²) in [5.74, 6) is 0.667. The Labute approximate surface area is 107 Å². The summed E-state index contributed by atoms with van der Waals surface area (Å²) in [6.45, 7) is 3.30. The number of benzene rings is 1. The highest BCUT2D eigenvalue weighted by molar-refractivity contribution is 5.99. The molecule has 0 spiro atoms. The lowest BCUT2D eigenvalue weighted by atomic mass is 10.1. The Bertz CT molecular complexity index is 426. The Hall–Kier alpha value is -1.75. The first-order chi connectivity index (χ1) is 8.72. The number of anilines is 1. The van der Waals surface area contributed by atoms with E-state index in [2.05, 4.69) is 5.32 Å². The van der Waals surface area contributed by atoms with Crippen LogP contribution in [0, 0.1) is 0 Å². The van der Waals surface area contributed by atoms with Crippen LogP contribution in [-0.4, -0.2) is 44.1 Å². The molecule has 0 aromatic heterocycles. The zero-order chi connectivity index (χ0) is 13.0. The van der Waals surface area contributed by atoms with Gasteiger partial charge < -0.3 is 20.7 Å². The van der Waals surface area contributed by atoms with Crippen molar-refractivity contribution >= 4 is 11.6 Å². The molecule has 1 aromatic carbocycles. The van der Waals surface area contributed by atoms with Crippen LogP contribution in [0.5, 0.6) is 5.75 Å². The van der Waals surface area contributed by atoms with Crippen molar-refractivity contribution in [1.29, 1.82) is 0 Å². The number of ether oxygens (including phenoxy) is 1. The highest BCUT2D eigenvalue weighted by Crippen LogP contribution is 2.21. The minimum Gasteiger partial charge on any atom is -0.497 e. The molecule has 1 aliphatic heterocycles. The van der Waals surface area contributed by atoms with Crippen molar-refractivity contribution in [2.45, 2.75) is 6.42 Å². The van der Waals surface area contributed by atoms with Crippen LogP contribution in [0.1, 0.15) is 16.8 Å². The number of nitrogen functional groups attached to an aromatic ring is 1. The average molecular weight is 249 g/mol. The lowest BCUT2D eigenvalue weighted by Crippen LogP contribution is -2.34. The summed E-state index contributed by atoms with van der Waals surface area (Å²) in [6.07, 6.45) is 0.974. The predicted molar refractivity (Wildman–Crippen MR) is 70.8 cm³/mol. The molecule has 0 atom stereocenters. The van der Waals surface area contributed by atoms with E-state index in [1.54, 1.807) is 25.3 Å². The fourth-order valence-corrected chi connectivity index (χ4v) is 2.08. The van der Waals surface area contributed by atoms with E-state index in [0.717, 1.165) is 32.6 Å². The van der Waals surface area contributed by atoms with Crippen molar-refractivity contribution in [2.24, 2.45) is 0 Å². The highest BCUT2D eigenvalue weighted by Gasteiger charge is 2.19. The van der Waals surface area contributed by atoms with Gasteiger partial charge in [-0.1, -0.05) is 0 Å². The van der Waals surface area contributed by atoms with Crippen LogP contribution in [0.4, 0.5) is 5.69 Å². The zero-order valence-electron chi connectivity index (χ0n) is 10.6. The second-order valence-corrected chi connectivity index (χ2v) is 4.35. The molecule has 1 aromatic rings. The van der Waals surface area contributed by atoms with E-state index in [4.69, 9.17) is 10.5 Å². The predicted octanol–water partition coefficient (Wildman–Crippen LogP) is 0.713. The molecule has 1 saturated heterocycles. The van der Waals surface area contributed by atoms with E-state index < -0.39 is 0 Å². The third-order valence-electron chi connectivity index (χ3n) is 3.12. The summed E-state index contributed by atoms with van der Waals surface area (Å²) in [4.78, 5) is 14.2. The standard InChI is InChI=1S/C13H19N3O2/c1-18-10-3-4-11(12(14)9-10)13(17)16-7-2-5-15-6-8-16/h3-4,9,15H,2,5-8,14H2,1H3. The van der Waals surface area contributed by atoms with Crippen LogP contribution in [0.3, 0.4) is 0 Å². The van der Waals surface area contributed by atoms with E-state index >= 15 is 0 Å². The van der Waals surface area contributed by atoms with Gasteiger partial charge in [0.05, 0.1) is 12.7 Å². The number of amides is 1. The first kappa shape index (κ1) is 12.7. The van der Waals surface area contributed by atoms with Crippen LogP contribution in [0.15, 0.2) is 18.2 Å². The maximum atomic E-state index is 12.4. The second-order valence-electron chi connectivity index (χ2n) is 4.35. The molecule has 0 saturated carbocycles. The first-order valence-electron chi connectivity index (χ1n) is 6.16. The van der Waals surface area contributed by atoms with Crippen LogP contribution < -0.4 is 15.8 Å². The fourth-order valence-electron chi connectivity index (χ4n) is 2.08. The van der Waals surface area contributed by atoms with Crippen molar-refractivity contribution in [3.05, 3.63) is 23.8 Å². The van der Waals surface area contributed by atoms with E-state index in [0.29, 0.717) is 17.0 Å². The number of rotatable bonds is 2. The minimum absolute atomic E-state index is 0.00106. The molecule has 0 bridgehead atoms. The quantitative estimate of drug-likeness (QED) is 0.758. The Morgan fingerprint density at radius 1 is 1.39 bits per heavy atom. The van der Waals surface area contributed by atoms with Gasteiger partial charge in [-0.25, -0.2) is 0 Å². The summed E-state index contributed by atoms with van der Waals surface area (Å²) in [7, 11) is 1.58. The number of carbonyl (C=O) groups excluding carboxylic acids is 1. The maximum absolute atomic E-state index is 12.4. The lowest BCUT2D eigenvalue weighted by molar-refractivity contribution is 0.0767.